The summed E-state index contributed by atoms with van der Waals surface area (Å²) in [5.41, 5.74) is 1.66. The molecule has 1 saturated carbocycles. The average molecular weight is 444 g/mol. The molecule has 3 heterocycles. The number of carboxylic acids is 1. The fourth-order valence-electron chi connectivity index (χ4n) is 4.01. The van der Waals surface area contributed by atoms with E-state index in [9.17, 15) is 18.0 Å². The van der Waals surface area contributed by atoms with Crippen LogP contribution in [0.4, 0.5) is 13.2 Å². The molecule has 0 aromatic carbocycles. The van der Waals surface area contributed by atoms with Gasteiger partial charge >= 0.3 is 12.1 Å². The number of hydrogen-bond donors (Lipinski definition) is 2. The molecule has 172 valence electrons. The lowest BCUT2D eigenvalue weighted by Gasteiger charge is -2.43. The van der Waals surface area contributed by atoms with Gasteiger partial charge in [0.15, 0.2) is 0 Å². The van der Waals surface area contributed by atoms with Crippen LogP contribution in [-0.4, -0.2) is 69.4 Å². The first kappa shape index (κ1) is 23.4. The minimum absolute atomic E-state index is 0.0121. The third-order valence-corrected chi connectivity index (χ3v) is 5.99. The van der Waals surface area contributed by atoms with Gasteiger partial charge in [0.25, 0.3) is 0 Å². The van der Waals surface area contributed by atoms with Crippen molar-refractivity contribution in [2.24, 2.45) is 5.92 Å². The number of aliphatic carboxylic acids is 1. The number of nitrogens with zero attached hydrogens (tertiary/aromatic N) is 3. The Morgan fingerprint density at radius 1 is 1.26 bits per heavy atom. The molecule has 0 unspecified atom stereocenters. The number of halogens is 3. The summed E-state index contributed by atoms with van der Waals surface area (Å²) in [6, 6.07) is 0.766. The van der Waals surface area contributed by atoms with Crippen molar-refractivity contribution in [3.8, 4) is 0 Å². The second-order valence-electron chi connectivity index (χ2n) is 8.20. The van der Waals surface area contributed by atoms with E-state index in [1.807, 2.05) is 6.92 Å². The quantitative estimate of drug-likeness (QED) is 0.733. The van der Waals surface area contributed by atoms with Gasteiger partial charge in [-0.2, -0.15) is 13.2 Å². The van der Waals surface area contributed by atoms with Gasteiger partial charge in [0, 0.05) is 18.8 Å². The highest BCUT2D eigenvalue weighted by Crippen LogP contribution is 2.36. The van der Waals surface area contributed by atoms with Crippen LogP contribution in [-0.2, 0) is 20.9 Å². The van der Waals surface area contributed by atoms with Crippen molar-refractivity contribution in [2.75, 3.05) is 13.1 Å². The molecule has 2 N–H and O–H groups in total. The standard InChI is InChI=1S/C18H26N4O2.C2HF3O2/c1-12-8-20-14(9-19-12)10-21-18(23)16-7-13-5-6-22(11-17(13)24-16)15-3-2-4-15;3-2(4,5)1(6)7/h8-9,13,15-17H,2-7,10-11H2,1H3,(H,21,23);(H,6,7)/t13-,16+,17+;/m0./s1. The Morgan fingerprint density at radius 3 is 2.52 bits per heavy atom. The number of carboxylic acid groups (broad SMARTS) is 1. The van der Waals surface area contributed by atoms with E-state index in [0.717, 1.165) is 36.8 Å². The molecule has 0 radical (unpaired) electrons. The monoisotopic (exact) mass is 444 g/mol. The van der Waals surface area contributed by atoms with Gasteiger partial charge in [0.2, 0.25) is 5.91 Å². The molecule has 31 heavy (non-hydrogen) atoms. The van der Waals surface area contributed by atoms with E-state index in [1.165, 1.54) is 25.8 Å². The van der Waals surface area contributed by atoms with Gasteiger partial charge in [-0.05, 0) is 45.1 Å². The first-order chi connectivity index (χ1) is 14.6. The molecule has 1 aromatic heterocycles. The molecule has 1 amide bonds. The second kappa shape index (κ2) is 9.90. The van der Waals surface area contributed by atoms with Crippen molar-refractivity contribution in [3.63, 3.8) is 0 Å². The fourth-order valence-corrected chi connectivity index (χ4v) is 4.01. The molecule has 0 bridgehead atoms. The number of alkyl halides is 3. The van der Waals surface area contributed by atoms with Crippen molar-refractivity contribution in [1.82, 2.24) is 20.2 Å². The number of amides is 1. The van der Waals surface area contributed by atoms with Crippen molar-refractivity contribution < 1.29 is 32.6 Å². The lowest BCUT2D eigenvalue weighted by Crippen LogP contribution is -2.49. The molecular formula is C20H27F3N4O4. The van der Waals surface area contributed by atoms with E-state index in [0.29, 0.717) is 12.5 Å². The zero-order valence-corrected chi connectivity index (χ0v) is 17.3. The number of carbonyl (C=O) groups excluding carboxylic acids is 1. The minimum atomic E-state index is -5.08. The van der Waals surface area contributed by atoms with Gasteiger partial charge in [-0.1, -0.05) is 6.42 Å². The topological polar surface area (TPSA) is 105 Å². The number of likely N-dealkylation sites (tertiary alicyclic amines) is 1. The molecule has 3 aliphatic rings. The summed E-state index contributed by atoms with van der Waals surface area (Å²) in [4.78, 5) is 32.4. The summed E-state index contributed by atoms with van der Waals surface area (Å²) in [7, 11) is 0. The van der Waals surface area contributed by atoms with Crippen LogP contribution in [0.25, 0.3) is 0 Å². The second-order valence-corrected chi connectivity index (χ2v) is 8.20. The zero-order valence-electron chi connectivity index (χ0n) is 17.3. The summed E-state index contributed by atoms with van der Waals surface area (Å²) in [6.45, 7) is 4.48. The zero-order chi connectivity index (χ0) is 22.6. The number of aryl methyl sites for hydroxylation is 1. The van der Waals surface area contributed by atoms with Gasteiger partial charge in [-0.3, -0.25) is 19.7 Å². The molecule has 0 spiro atoms. The number of ether oxygens (including phenoxy) is 1. The predicted molar refractivity (Wildman–Crippen MR) is 103 cm³/mol. The molecule has 2 aliphatic heterocycles. The smallest absolute Gasteiger partial charge is 0.475 e. The Balaban J connectivity index is 0.000000339. The highest BCUT2D eigenvalue weighted by molar-refractivity contribution is 5.81. The van der Waals surface area contributed by atoms with Gasteiger partial charge < -0.3 is 15.2 Å². The molecule has 11 heteroatoms. The Labute approximate surface area is 178 Å². The highest BCUT2D eigenvalue weighted by Gasteiger charge is 2.43. The predicted octanol–water partition coefficient (Wildman–Crippen LogP) is 2.07. The minimum Gasteiger partial charge on any atom is -0.475 e. The fraction of sp³-hybridized carbons (Fsp3) is 0.700. The van der Waals surface area contributed by atoms with Crippen molar-refractivity contribution >= 4 is 11.9 Å². The first-order valence-electron chi connectivity index (χ1n) is 10.4. The van der Waals surface area contributed by atoms with Gasteiger partial charge in [0.05, 0.1) is 30.2 Å². The van der Waals surface area contributed by atoms with E-state index >= 15 is 0 Å². The Hall–Kier alpha value is -2.27. The number of aromatic nitrogens is 2. The average Bonchev–Trinajstić information content (AvgIpc) is 3.09. The van der Waals surface area contributed by atoms with Crippen LogP contribution in [0.5, 0.6) is 0 Å². The summed E-state index contributed by atoms with van der Waals surface area (Å²) in [6.07, 6.45) is 4.32. The molecule has 8 nitrogen and oxygen atoms in total. The Bertz CT molecular complexity index is 771. The van der Waals surface area contributed by atoms with Crippen LogP contribution in [0.3, 0.4) is 0 Å². The SMILES string of the molecule is Cc1cnc(CNC(=O)[C@H]2C[C@@H]3CCN(C4CCC4)C[C@H]3O2)cn1.O=C(O)C(F)(F)F. The Morgan fingerprint density at radius 2 is 1.97 bits per heavy atom. The van der Waals surface area contributed by atoms with Gasteiger partial charge in [0.1, 0.15) is 6.10 Å². The van der Waals surface area contributed by atoms with E-state index in [4.69, 9.17) is 14.6 Å². The lowest BCUT2D eigenvalue weighted by molar-refractivity contribution is -0.192. The Kier molecular flexibility index (Phi) is 7.47. The van der Waals surface area contributed by atoms with E-state index in [1.54, 1.807) is 12.4 Å². The number of rotatable bonds is 4. The van der Waals surface area contributed by atoms with Crippen LogP contribution >= 0.6 is 0 Å². The van der Waals surface area contributed by atoms with Crippen LogP contribution in [0.2, 0.25) is 0 Å². The summed E-state index contributed by atoms with van der Waals surface area (Å²) < 4.78 is 37.8. The maximum atomic E-state index is 12.4. The number of piperidine rings is 1. The maximum Gasteiger partial charge on any atom is 0.490 e. The maximum absolute atomic E-state index is 12.4. The first-order valence-corrected chi connectivity index (χ1v) is 10.4. The molecule has 3 fully saturated rings. The molecule has 2 saturated heterocycles. The highest BCUT2D eigenvalue weighted by atomic mass is 19.4. The third-order valence-electron chi connectivity index (χ3n) is 5.99. The molecule has 1 aromatic rings. The largest absolute Gasteiger partial charge is 0.490 e. The van der Waals surface area contributed by atoms with Crippen molar-refractivity contribution in [1.29, 1.82) is 0 Å². The van der Waals surface area contributed by atoms with E-state index in [2.05, 4.69) is 20.2 Å². The number of hydrogen-bond acceptors (Lipinski definition) is 6. The van der Waals surface area contributed by atoms with Gasteiger partial charge in [-0.25, -0.2) is 4.79 Å². The van der Waals surface area contributed by atoms with Crippen LogP contribution < -0.4 is 5.32 Å². The van der Waals surface area contributed by atoms with E-state index in [-0.39, 0.29) is 18.1 Å². The molecular weight excluding hydrogens is 417 g/mol. The van der Waals surface area contributed by atoms with E-state index < -0.39 is 12.1 Å². The summed E-state index contributed by atoms with van der Waals surface area (Å²) in [5, 5.41) is 10.1. The molecule has 3 atom stereocenters. The summed E-state index contributed by atoms with van der Waals surface area (Å²) >= 11 is 0. The molecule has 4 rings (SSSR count). The van der Waals surface area contributed by atoms with Crippen LogP contribution in [0, 0.1) is 12.8 Å². The summed E-state index contributed by atoms with van der Waals surface area (Å²) in [5.74, 6) is -2.23. The van der Waals surface area contributed by atoms with Crippen LogP contribution in [0.1, 0.15) is 43.5 Å². The van der Waals surface area contributed by atoms with Gasteiger partial charge in [-0.15, -0.1) is 0 Å². The number of carbonyl (C=O) groups is 2. The van der Waals surface area contributed by atoms with Crippen LogP contribution in [0.15, 0.2) is 12.4 Å². The number of nitrogens with one attached hydrogen (secondary N) is 1. The normalized spacial score (nSPS) is 26.3. The van der Waals surface area contributed by atoms with Crippen molar-refractivity contribution in [2.45, 2.75) is 70.0 Å². The van der Waals surface area contributed by atoms with Crippen molar-refractivity contribution in [3.05, 3.63) is 23.8 Å². The number of fused-ring (bicyclic) bond motifs is 1. The third kappa shape index (κ3) is 6.36. The lowest BCUT2D eigenvalue weighted by atomic mass is 9.86. The molecule has 1 aliphatic carbocycles.